The smallest absolute Gasteiger partial charge is 0.259 e. The summed E-state index contributed by atoms with van der Waals surface area (Å²) in [4.78, 5) is 11.9. The number of halogens is 3. The van der Waals surface area contributed by atoms with E-state index in [1.165, 1.54) is 12.1 Å². The molecule has 1 amide bonds. The maximum Gasteiger partial charge on any atom is 0.259 e. The van der Waals surface area contributed by atoms with Gasteiger partial charge in [0.25, 0.3) is 5.91 Å². The van der Waals surface area contributed by atoms with Gasteiger partial charge >= 0.3 is 0 Å². The van der Waals surface area contributed by atoms with Crippen molar-refractivity contribution in [1.82, 2.24) is 0 Å². The number of carbonyl (C=O) groups is 1. The Morgan fingerprint density at radius 2 is 1.74 bits per heavy atom. The normalized spacial score (nSPS) is 10.3. The number of nitrogens with one attached hydrogen (secondary N) is 1. The summed E-state index contributed by atoms with van der Waals surface area (Å²) in [7, 11) is 0. The highest BCUT2D eigenvalue weighted by atomic mass is 79.9. The van der Waals surface area contributed by atoms with Crippen LogP contribution in [0, 0.1) is 11.6 Å². The van der Waals surface area contributed by atoms with E-state index in [-0.39, 0.29) is 11.3 Å². The van der Waals surface area contributed by atoms with Crippen molar-refractivity contribution in [2.45, 2.75) is 0 Å². The Balaban J connectivity index is 2.28. The van der Waals surface area contributed by atoms with Crippen molar-refractivity contribution >= 4 is 27.5 Å². The van der Waals surface area contributed by atoms with Gasteiger partial charge in [0.1, 0.15) is 17.4 Å². The topological polar surface area (TPSA) is 49.3 Å². The van der Waals surface area contributed by atoms with Crippen LogP contribution < -0.4 is 5.32 Å². The molecule has 6 heteroatoms. The van der Waals surface area contributed by atoms with Crippen molar-refractivity contribution in [2.75, 3.05) is 5.32 Å². The lowest BCUT2D eigenvalue weighted by Crippen LogP contribution is -2.12. The molecular weight excluding hydrogens is 320 g/mol. The molecule has 0 aliphatic rings. The number of phenolic OH excluding ortho intramolecular Hbond substituents is 1. The van der Waals surface area contributed by atoms with Gasteiger partial charge in [0, 0.05) is 10.5 Å². The largest absolute Gasteiger partial charge is 0.507 e. The van der Waals surface area contributed by atoms with E-state index in [9.17, 15) is 18.7 Å². The second-order valence-electron chi connectivity index (χ2n) is 3.74. The van der Waals surface area contributed by atoms with Gasteiger partial charge in [-0.3, -0.25) is 4.79 Å². The lowest BCUT2D eigenvalue weighted by molar-refractivity contribution is 0.102. The molecule has 0 spiro atoms. The number of anilines is 1. The number of hydrogen-bond donors (Lipinski definition) is 2. The Morgan fingerprint density at radius 1 is 1.11 bits per heavy atom. The van der Waals surface area contributed by atoms with E-state index in [0.717, 1.165) is 24.3 Å². The summed E-state index contributed by atoms with van der Waals surface area (Å²) in [5, 5.41) is 11.9. The molecule has 2 N–H and O–H groups in total. The van der Waals surface area contributed by atoms with Gasteiger partial charge in [-0.25, -0.2) is 8.78 Å². The van der Waals surface area contributed by atoms with E-state index in [4.69, 9.17) is 0 Å². The Hall–Kier alpha value is -1.95. The van der Waals surface area contributed by atoms with Crippen LogP contribution in [0.3, 0.4) is 0 Å². The average Bonchev–Trinajstić information content (AvgIpc) is 2.33. The van der Waals surface area contributed by atoms with E-state index in [2.05, 4.69) is 21.2 Å². The summed E-state index contributed by atoms with van der Waals surface area (Å²) in [5.41, 5.74) is 0.117. The fraction of sp³-hybridized carbons (Fsp3) is 0. The van der Waals surface area contributed by atoms with Crippen LogP contribution in [0.4, 0.5) is 14.5 Å². The highest BCUT2D eigenvalue weighted by molar-refractivity contribution is 9.10. The lowest BCUT2D eigenvalue weighted by Gasteiger charge is -2.08. The van der Waals surface area contributed by atoms with Gasteiger partial charge in [-0.05, 0) is 46.3 Å². The predicted molar refractivity (Wildman–Crippen MR) is 70.1 cm³/mol. The molecule has 0 bridgehead atoms. The lowest BCUT2D eigenvalue weighted by atomic mass is 10.1. The zero-order chi connectivity index (χ0) is 14.0. The van der Waals surface area contributed by atoms with Gasteiger partial charge in [0.05, 0.1) is 11.3 Å². The third-order valence-corrected chi connectivity index (χ3v) is 3.07. The first-order valence-electron chi connectivity index (χ1n) is 5.22. The summed E-state index contributed by atoms with van der Waals surface area (Å²) in [6.07, 6.45) is 0. The van der Waals surface area contributed by atoms with Crippen molar-refractivity contribution in [1.29, 1.82) is 0 Å². The van der Waals surface area contributed by atoms with Crippen LogP contribution in [0.15, 0.2) is 40.9 Å². The quantitative estimate of drug-likeness (QED) is 0.883. The number of hydrogen-bond acceptors (Lipinski definition) is 2. The summed E-state index contributed by atoms with van der Waals surface area (Å²) < 4.78 is 26.4. The number of aromatic hydroxyl groups is 1. The average molecular weight is 328 g/mol. The Bertz CT molecular complexity index is 647. The molecule has 0 aliphatic heterocycles. The number of amides is 1. The number of carbonyl (C=O) groups excluding carboxylic acids is 1. The fourth-order valence-electron chi connectivity index (χ4n) is 1.48. The van der Waals surface area contributed by atoms with Crippen LogP contribution in [-0.2, 0) is 0 Å². The monoisotopic (exact) mass is 327 g/mol. The molecule has 0 aliphatic carbocycles. The SMILES string of the molecule is O=C(Nc1cc(F)ccc1Br)c1ccc(F)cc1O. The molecule has 0 unspecified atom stereocenters. The van der Waals surface area contributed by atoms with Crippen molar-refractivity contribution in [2.24, 2.45) is 0 Å². The molecule has 0 saturated heterocycles. The van der Waals surface area contributed by atoms with Gasteiger partial charge in [0.2, 0.25) is 0 Å². The third kappa shape index (κ3) is 3.08. The maximum absolute atomic E-state index is 13.1. The molecular formula is C13H8BrF2NO2. The number of phenols is 1. The van der Waals surface area contributed by atoms with Gasteiger partial charge < -0.3 is 10.4 Å². The first-order valence-corrected chi connectivity index (χ1v) is 6.01. The van der Waals surface area contributed by atoms with Crippen molar-refractivity contribution < 1.29 is 18.7 Å². The van der Waals surface area contributed by atoms with E-state index in [0.29, 0.717) is 4.47 Å². The van der Waals surface area contributed by atoms with Crippen LogP contribution in [0.25, 0.3) is 0 Å². The molecule has 0 heterocycles. The molecule has 2 rings (SSSR count). The van der Waals surface area contributed by atoms with E-state index in [1.54, 1.807) is 0 Å². The third-order valence-electron chi connectivity index (χ3n) is 2.38. The van der Waals surface area contributed by atoms with Crippen molar-refractivity contribution in [3.05, 3.63) is 58.1 Å². The summed E-state index contributed by atoms with van der Waals surface area (Å²) in [5.74, 6) is -2.31. The van der Waals surface area contributed by atoms with Gasteiger partial charge in [-0.2, -0.15) is 0 Å². The molecule has 0 radical (unpaired) electrons. The second-order valence-corrected chi connectivity index (χ2v) is 4.59. The molecule has 98 valence electrons. The van der Waals surface area contributed by atoms with Crippen LogP contribution in [0.5, 0.6) is 5.75 Å². The van der Waals surface area contributed by atoms with Crippen LogP contribution >= 0.6 is 15.9 Å². The minimum absolute atomic E-state index is 0.0995. The van der Waals surface area contributed by atoms with E-state index < -0.39 is 23.3 Å². The number of rotatable bonds is 2. The minimum atomic E-state index is -0.663. The number of benzene rings is 2. The molecule has 19 heavy (non-hydrogen) atoms. The molecule has 0 aromatic heterocycles. The maximum atomic E-state index is 13.1. The van der Waals surface area contributed by atoms with Crippen LogP contribution in [0.1, 0.15) is 10.4 Å². The Labute approximate surface area is 116 Å². The van der Waals surface area contributed by atoms with Crippen molar-refractivity contribution in [3.8, 4) is 5.75 Å². The molecule has 2 aromatic rings. The predicted octanol–water partition coefficient (Wildman–Crippen LogP) is 3.69. The Morgan fingerprint density at radius 3 is 2.42 bits per heavy atom. The fourth-order valence-corrected chi connectivity index (χ4v) is 1.83. The van der Waals surface area contributed by atoms with Gasteiger partial charge in [0.15, 0.2) is 0 Å². The molecule has 0 saturated carbocycles. The Kier molecular flexibility index (Phi) is 3.80. The minimum Gasteiger partial charge on any atom is -0.507 e. The zero-order valence-corrected chi connectivity index (χ0v) is 11.0. The molecule has 0 atom stereocenters. The molecule has 0 fully saturated rings. The van der Waals surface area contributed by atoms with Crippen LogP contribution in [0.2, 0.25) is 0 Å². The van der Waals surface area contributed by atoms with Gasteiger partial charge in [-0.15, -0.1) is 0 Å². The highest BCUT2D eigenvalue weighted by Crippen LogP contribution is 2.25. The van der Waals surface area contributed by atoms with E-state index >= 15 is 0 Å². The first-order chi connectivity index (χ1) is 8.97. The summed E-state index contributed by atoms with van der Waals surface area (Å²) in [6.45, 7) is 0. The van der Waals surface area contributed by atoms with E-state index in [1.807, 2.05) is 0 Å². The summed E-state index contributed by atoms with van der Waals surface area (Å²) >= 11 is 3.16. The second kappa shape index (κ2) is 5.36. The van der Waals surface area contributed by atoms with Gasteiger partial charge in [-0.1, -0.05) is 0 Å². The molecule has 2 aromatic carbocycles. The van der Waals surface area contributed by atoms with Crippen LogP contribution in [-0.4, -0.2) is 11.0 Å². The first kappa shape index (κ1) is 13.5. The zero-order valence-electron chi connectivity index (χ0n) is 9.45. The highest BCUT2D eigenvalue weighted by Gasteiger charge is 2.13. The summed E-state index contributed by atoms with van der Waals surface area (Å²) in [6, 6.07) is 6.82. The standard InChI is InChI=1S/C13H8BrF2NO2/c14-10-4-2-7(15)5-11(10)17-13(19)9-3-1-8(16)6-12(9)18/h1-6,18H,(H,17,19). The molecule has 3 nitrogen and oxygen atoms in total. The van der Waals surface area contributed by atoms with Crippen molar-refractivity contribution in [3.63, 3.8) is 0 Å².